The molecule has 1 amide bonds. The van der Waals surface area contributed by atoms with Crippen molar-refractivity contribution >= 4 is 11.6 Å². The van der Waals surface area contributed by atoms with E-state index in [1.54, 1.807) is 6.07 Å². The minimum absolute atomic E-state index is 0.0256. The van der Waals surface area contributed by atoms with Crippen LogP contribution < -0.4 is 4.90 Å². The largest absolute Gasteiger partial charge is 0.416 e. The zero-order chi connectivity index (χ0) is 20.5. The van der Waals surface area contributed by atoms with Gasteiger partial charge >= 0.3 is 6.18 Å². The quantitative estimate of drug-likeness (QED) is 0.783. The fourth-order valence-electron chi connectivity index (χ4n) is 4.02. The highest BCUT2D eigenvalue weighted by molar-refractivity contribution is 5.81. The lowest BCUT2D eigenvalue weighted by molar-refractivity contribution is -0.148. The van der Waals surface area contributed by atoms with Gasteiger partial charge < -0.3 is 14.5 Å². The number of carbonyl (C=O) groups excluding carboxylic acids is 1. The second kappa shape index (κ2) is 8.29. The molecule has 156 valence electrons. The predicted molar refractivity (Wildman–Crippen MR) is 101 cm³/mol. The average Bonchev–Trinajstić information content (AvgIpc) is 2.65. The van der Waals surface area contributed by atoms with Crippen LogP contribution in [0.15, 0.2) is 24.3 Å². The number of amides is 1. The summed E-state index contributed by atoms with van der Waals surface area (Å²) in [6, 6.07) is 5.18. The van der Waals surface area contributed by atoms with E-state index in [-0.39, 0.29) is 24.2 Å². The molecule has 1 aromatic rings. The molecular formula is C20H28F3N3O2. The Bertz CT molecular complexity index is 680. The SMILES string of the molecule is C[C@@H]1CN(C(=O)[C@@H](C)N2CCN(c3cccc(C(F)(F)F)c3)CC2)C[C@H](C)O1. The van der Waals surface area contributed by atoms with Gasteiger partial charge in [0, 0.05) is 45.0 Å². The van der Waals surface area contributed by atoms with Crippen molar-refractivity contribution in [3.63, 3.8) is 0 Å². The summed E-state index contributed by atoms with van der Waals surface area (Å²) in [5.74, 6) is 0.0921. The maximum absolute atomic E-state index is 12.9. The maximum atomic E-state index is 12.9. The molecule has 1 aromatic carbocycles. The van der Waals surface area contributed by atoms with Crippen molar-refractivity contribution in [1.29, 1.82) is 0 Å². The Balaban J connectivity index is 1.58. The number of ether oxygens (including phenoxy) is 1. The number of rotatable bonds is 3. The van der Waals surface area contributed by atoms with E-state index >= 15 is 0 Å². The molecule has 0 aliphatic carbocycles. The number of hydrogen-bond acceptors (Lipinski definition) is 4. The van der Waals surface area contributed by atoms with Crippen molar-refractivity contribution < 1.29 is 22.7 Å². The van der Waals surface area contributed by atoms with Crippen molar-refractivity contribution in [2.45, 2.75) is 45.2 Å². The molecule has 2 fully saturated rings. The van der Waals surface area contributed by atoms with Crippen molar-refractivity contribution in [2.24, 2.45) is 0 Å². The highest BCUT2D eigenvalue weighted by Crippen LogP contribution is 2.32. The molecule has 2 heterocycles. The number of carbonyl (C=O) groups is 1. The van der Waals surface area contributed by atoms with Gasteiger partial charge in [-0.2, -0.15) is 13.2 Å². The van der Waals surface area contributed by atoms with Crippen LogP contribution in [0.1, 0.15) is 26.3 Å². The van der Waals surface area contributed by atoms with Crippen molar-refractivity contribution in [3.8, 4) is 0 Å². The Kier molecular flexibility index (Phi) is 6.19. The lowest BCUT2D eigenvalue weighted by Gasteiger charge is -2.42. The van der Waals surface area contributed by atoms with Gasteiger partial charge in [0.25, 0.3) is 0 Å². The third kappa shape index (κ3) is 4.78. The van der Waals surface area contributed by atoms with Gasteiger partial charge in [0.05, 0.1) is 23.8 Å². The first-order valence-corrected chi connectivity index (χ1v) is 9.75. The predicted octanol–water partition coefficient (Wildman–Crippen LogP) is 2.85. The molecule has 8 heteroatoms. The Morgan fingerprint density at radius 2 is 1.71 bits per heavy atom. The molecule has 0 unspecified atom stereocenters. The van der Waals surface area contributed by atoms with Gasteiger partial charge in [-0.15, -0.1) is 0 Å². The van der Waals surface area contributed by atoms with E-state index in [1.165, 1.54) is 12.1 Å². The Labute approximate surface area is 164 Å². The third-order valence-electron chi connectivity index (χ3n) is 5.49. The van der Waals surface area contributed by atoms with Crippen LogP contribution in [0.4, 0.5) is 18.9 Å². The molecule has 0 spiro atoms. The first kappa shape index (κ1) is 20.9. The molecular weight excluding hydrogens is 371 g/mol. The smallest absolute Gasteiger partial charge is 0.372 e. The molecule has 0 radical (unpaired) electrons. The summed E-state index contributed by atoms with van der Waals surface area (Å²) in [7, 11) is 0. The van der Waals surface area contributed by atoms with E-state index in [0.717, 1.165) is 6.07 Å². The molecule has 5 nitrogen and oxygen atoms in total. The first-order valence-electron chi connectivity index (χ1n) is 9.75. The van der Waals surface area contributed by atoms with Gasteiger partial charge in [-0.25, -0.2) is 0 Å². The van der Waals surface area contributed by atoms with Gasteiger partial charge in [0.2, 0.25) is 5.91 Å². The van der Waals surface area contributed by atoms with Crippen LogP contribution in [-0.4, -0.2) is 73.2 Å². The van der Waals surface area contributed by atoms with Crippen LogP contribution >= 0.6 is 0 Å². The van der Waals surface area contributed by atoms with E-state index in [1.807, 2.05) is 30.6 Å². The van der Waals surface area contributed by atoms with Gasteiger partial charge in [-0.1, -0.05) is 6.07 Å². The van der Waals surface area contributed by atoms with Crippen LogP contribution in [0.25, 0.3) is 0 Å². The summed E-state index contributed by atoms with van der Waals surface area (Å²) in [5, 5.41) is 0. The highest BCUT2D eigenvalue weighted by Gasteiger charge is 2.34. The van der Waals surface area contributed by atoms with Crippen LogP contribution in [0.3, 0.4) is 0 Å². The fraction of sp³-hybridized carbons (Fsp3) is 0.650. The number of halogens is 3. The highest BCUT2D eigenvalue weighted by atomic mass is 19.4. The maximum Gasteiger partial charge on any atom is 0.416 e. The normalized spacial score (nSPS) is 25.6. The third-order valence-corrected chi connectivity index (χ3v) is 5.49. The molecule has 0 N–H and O–H groups in total. The summed E-state index contributed by atoms with van der Waals surface area (Å²) < 4.78 is 44.5. The topological polar surface area (TPSA) is 36.0 Å². The van der Waals surface area contributed by atoms with E-state index < -0.39 is 11.7 Å². The van der Waals surface area contributed by atoms with Crippen LogP contribution in [0, 0.1) is 0 Å². The van der Waals surface area contributed by atoms with Crippen LogP contribution in [-0.2, 0) is 15.7 Å². The van der Waals surface area contributed by atoms with Gasteiger partial charge in [-0.3, -0.25) is 9.69 Å². The number of nitrogens with zero attached hydrogens (tertiary/aromatic N) is 3. The number of alkyl halides is 3. The van der Waals surface area contributed by atoms with Crippen LogP contribution in [0.2, 0.25) is 0 Å². The average molecular weight is 399 g/mol. The Morgan fingerprint density at radius 3 is 2.29 bits per heavy atom. The van der Waals surface area contributed by atoms with E-state index in [4.69, 9.17) is 4.74 Å². The first-order chi connectivity index (χ1) is 13.1. The van der Waals surface area contributed by atoms with E-state index in [9.17, 15) is 18.0 Å². The minimum atomic E-state index is -4.34. The molecule has 2 saturated heterocycles. The number of piperazine rings is 1. The summed E-state index contributed by atoms with van der Waals surface area (Å²) in [6.07, 6.45) is -4.29. The Morgan fingerprint density at radius 1 is 1.11 bits per heavy atom. The number of morpholine rings is 1. The molecule has 0 saturated carbocycles. The molecule has 0 bridgehead atoms. The Hall–Kier alpha value is -1.80. The molecule has 2 aliphatic heterocycles. The number of benzene rings is 1. The summed E-state index contributed by atoms with van der Waals surface area (Å²) in [5.41, 5.74) is -0.0594. The summed E-state index contributed by atoms with van der Waals surface area (Å²) in [6.45, 7) is 9.49. The summed E-state index contributed by atoms with van der Waals surface area (Å²) >= 11 is 0. The molecule has 3 rings (SSSR count). The lowest BCUT2D eigenvalue weighted by atomic mass is 10.1. The van der Waals surface area contributed by atoms with Gasteiger partial charge in [0.1, 0.15) is 0 Å². The van der Waals surface area contributed by atoms with Crippen LogP contribution in [0.5, 0.6) is 0 Å². The molecule has 28 heavy (non-hydrogen) atoms. The molecule has 2 aliphatic rings. The lowest BCUT2D eigenvalue weighted by Crippen LogP contribution is -2.57. The van der Waals surface area contributed by atoms with Gasteiger partial charge in [0.15, 0.2) is 0 Å². The zero-order valence-corrected chi connectivity index (χ0v) is 16.6. The number of hydrogen-bond donors (Lipinski definition) is 0. The minimum Gasteiger partial charge on any atom is -0.372 e. The van der Waals surface area contributed by atoms with Crippen molar-refractivity contribution in [3.05, 3.63) is 29.8 Å². The monoisotopic (exact) mass is 399 g/mol. The fourth-order valence-corrected chi connectivity index (χ4v) is 4.02. The van der Waals surface area contributed by atoms with E-state index in [0.29, 0.717) is 45.0 Å². The molecule has 3 atom stereocenters. The summed E-state index contributed by atoms with van der Waals surface area (Å²) in [4.78, 5) is 18.8. The second-order valence-corrected chi connectivity index (χ2v) is 7.75. The second-order valence-electron chi connectivity index (χ2n) is 7.75. The van der Waals surface area contributed by atoms with Crippen molar-refractivity contribution in [1.82, 2.24) is 9.80 Å². The number of anilines is 1. The van der Waals surface area contributed by atoms with E-state index in [2.05, 4.69) is 4.90 Å². The zero-order valence-electron chi connectivity index (χ0n) is 16.6. The molecule has 0 aromatic heterocycles. The standard InChI is InChI=1S/C20H28F3N3O2/c1-14-12-26(13-15(2)28-14)19(27)16(3)24-7-9-25(10-8-24)18-6-4-5-17(11-18)20(21,22)23/h4-6,11,14-16H,7-10,12-13H2,1-3H3/t14-,15+,16-/m1/s1. The van der Waals surface area contributed by atoms with Crippen molar-refractivity contribution in [2.75, 3.05) is 44.2 Å². The van der Waals surface area contributed by atoms with Gasteiger partial charge in [-0.05, 0) is 39.0 Å².